The zero-order valence-corrected chi connectivity index (χ0v) is 12.4. The van der Waals surface area contributed by atoms with Crippen LogP contribution >= 0.6 is 11.6 Å². The Morgan fingerprint density at radius 1 is 1.47 bits per heavy atom. The molecule has 0 unspecified atom stereocenters. The van der Waals surface area contributed by atoms with Gasteiger partial charge in [0.15, 0.2) is 0 Å². The maximum atomic E-state index is 13.2. The first kappa shape index (κ1) is 16.2. The van der Waals surface area contributed by atoms with Crippen molar-refractivity contribution in [3.05, 3.63) is 23.0 Å². The van der Waals surface area contributed by atoms with Gasteiger partial charge >= 0.3 is 0 Å². The molecule has 0 heterocycles. The van der Waals surface area contributed by atoms with Crippen LogP contribution in [0.15, 0.2) is 17.0 Å². The number of hydrogen-bond donors (Lipinski definition) is 2. The summed E-state index contributed by atoms with van der Waals surface area (Å²) in [6.45, 7) is 2.72. The number of hydrogen-bond acceptors (Lipinski definition) is 4. The third-order valence-corrected chi connectivity index (χ3v) is 5.46. The molecule has 1 rings (SSSR count). The summed E-state index contributed by atoms with van der Waals surface area (Å²) in [6, 6.07) is 1.82. The lowest BCUT2D eigenvalue weighted by atomic mass is 10.1. The zero-order chi connectivity index (χ0) is 15.0. The van der Waals surface area contributed by atoms with Gasteiger partial charge in [-0.05, 0) is 26.0 Å². The van der Waals surface area contributed by atoms with Crippen LogP contribution in [0.2, 0.25) is 5.02 Å². The van der Waals surface area contributed by atoms with Crippen LogP contribution < -0.4 is 5.73 Å². The maximum absolute atomic E-state index is 13.2. The minimum Gasteiger partial charge on any atom is -0.396 e. The summed E-state index contributed by atoms with van der Waals surface area (Å²) >= 11 is 5.76. The fourth-order valence-electron chi connectivity index (χ4n) is 1.31. The van der Waals surface area contributed by atoms with Crippen molar-refractivity contribution in [2.75, 3.05) is 19.4 Å². The summed E-state index contributed by atoms with van der Waals surface area (Å²) in [7, 11) is -2.68. The molecule has 1 aromatic rings. The van der Waals surface area contributed by atoms with Gasteiger partial charge in [0.05, 0.1) is 22.9 Å². The van der Waals surface area contributed by atoms with Crippen LogP contribution in [0.1, 0.15) is 13.8 Å². The summed E-state index contributed by atoms with van der Waals surface area (Å²) in [4.78, 5) is -0.294. The molecule has 0 bridgehead atoms. The van der Waals surface area contributed by atoms with Gasteiger partial charge in [-0.25, -0.2) is 12.8 Å². The normalized spacial score (nSPS) is 13.0. The molecule has 0 saturated heterocycles. The molecule has 0 aromatic heterocycles. The number of nitrogen functional groups attached to an aromatic ring is 1. The number of likely N-dealkylation sites (N-methyl/N-ethyl adjacent to an activating group) is 1. The lowest BCUT2D eigenvalue weighted by Crippen LogP contribution is -2.47. The van der Waals surface area contributed by atoms with Crippen molar-refractivity contribution >= 4 is 27.3 Å². The van der Waals surface area contributed by atoms with Crippen LogP contribution in [0.25, 0.3) is 0 Å². The molecule has 0 saturated carbocycles. The minimum absolute atomic E-state index is 0.257. The van der Waals surface area contributed by atoms with Gasteiger partial charge in [-0.1, -0.05) is 11.6 Å². The number of halogens is 2. The maximum Gasteiger partial charge on any atom is 0.244 e. The van der Waals surface area contributed by atoms with E-state index < -0.39 is 21.4 Å². The van der Waals surface area contributed by atoms with Crippen LogP contribution in [-0.4, -0.2) is 37.0 Å². The Morgan fingerprint density at radius 2 is 2.00 bits per heavy atom. The van der Waals surface area contributed by atoms with E-state index in [0.717, 1.165) is 16.4 Å². The molecule has 0 fully saturated rings. The summed E-state index contributed by atoms with van der Waals surface area (Å²) in [6.07, 6.45) is 0. The summed E-state index contributed by atoms with van der Waals surface area (Å²) < 4.78 is 38.9. The van der Waals surface area contributed by atoms with E-state index >= 15 is 0 Å². The van der Waals surface area contributed by atoms with Crippen LogP contribution in [0, 0.1) is 5.82 Å². The van der Waals surface area contributed by atoms with Gasteiger partial charge in [-0.2, -0.15) is 4.31 Å². The van der Waals surface area contributed by atoms with Crippen molar-refractivity contribution in [2.45, 2.75) is 24.3 Å². The number of nitrogens with zero attached hydrogens (tertiary/aromatic N) is 1. The Labute approximate surface area is 116 Å². The Balaban J connectivity index is 3.40. The van der Waals surface area contributed by atoms with E-state index in [0.29, 0.717) is 0 Å². The molecule has 0 radical (unpaired) electrons. The summed E-state index contributed by atoms with van der Waals surface area (Å²) in [5, 5.41) is 8.96. The van der Waals surface area contributed by atoms with Gasteiger partial charge in [0.2, 0.25) is 10.0 Å². The summed E-state index contributed by atoms with van der Waals surface area (Å²) in [5.41, 5.74) is 4.03. The standard InChI is InChI=1S/C11H16ClFN2O3S/c1-11(2,6-16)15(3)19(17,18)10-5-9(14)8(13)4-7(10)12/h4-5,16H,6,14H2,1-3H3. The molecule has 5 nitrogen and oxygen atoms in total. The number of nitrogens with two attached hydrogens (primary N) is 1. The van der Waals surface area contributed by atoms with Crippen LogP contribution in [-0.2, 0) is 10.0 Å². The monoisotopic (exact) mass is 310 g/mol. The molecule has 0 aliphatic carbocycles. The molecule has 0 amide bonds. The Kier molecular flexibility index (Phi) is 4.46. The van der Waals surface area contributed by atoms with Crippen molar-refractivity contribution in [3.63, 3.8) is 0 Å². The Bertz CT molecular complexity index is 590. The fraction of sp³-hybridized carbons (Fsp3) is 0.455. The molecule has 108 valence electrons. The molecule has 8 heteroatoms. The molecular weight excluding hydrogens is 295 g/mol. The first-order valence-corrected chi connectivity index (χ1v) is 7.20. The Morgan fingerprint density at radius 3 is 2.47 bits per heavy atom. The highest BCUT2D eigenvalue weighted by atomic mass is 35.5. The van der Waals surface area contributed by atoms with Crippen LogP contribution in [0.3, 0.4) is 0 Å². The second-order valence-electron chi connectivity index (χ2n) is 4.75. The van der Waals surface area contributed by atoms with E-state index in [4.69, 9.17) is 17.3 Å². The van der Waals surface area contributed by atoms with E-state index in [1.165, 1.54) is 7.05 Å². The molecule has 19 heavy (non-hydrogen) atoms. The third-order valence-electron chi connectivity index (χ3n) is 2.93. The van der Waals surface area contributed by atoms with Gasteiger partial charge < -0.3 is 10.8 Å². The molecule has 0 aliphatic heterocycles. The number of benzene rings is 1. The molecule has 0 aliphatic rings. The number of aliphatic hydroxyl groups is 1. The quantitative estimate of drug-likeness (QED) is 0.825. The molecule has 0 atom stereocenters. The van der Waals surface area contributed by atoms with Crippen molar-refractivity contribution in [1.29, 1.82) is 0 Å². The lowest BCUT2D eigenvalue weighted by Gasteiger charge is -2.33. The van der Waals surface area contributed by atoms with E-state index in [2.05, 4.69) is 0 Å². The van der Waals surface area contributed by atoms with Crippen LogP contribution in [0.4, 0.5) is 10.1 Å². The van der Waals surface area contributed by atoms with Gasteiger partial charge in [0.1, 0.15) is 10.7 Å². The van der Waals surface area contributed by atoms with Gasteiger partial charge in [0, 0.05) is 7.05 Å². The van der Waals surface area contributed by atoms with Crippen molar-refractivity contribution in [2.24, 2.45) is 0 Å². The third kappa shape index (κ3) is 3.00. The highest BCUT2D eigenvalue weighted by Crippen LogP contribution is 2.30. The minimum atomic E-state index is -3.98. The number of sulfonamides is 1. The first-order valence-electron chi connectivity index (χ1n) is 5.38. The predicted molar refractivity (Wildman–Crippen MR) is 71.9 cm³/mol. The predicted octanol–water partition coefficient (Wildman–Crippen LogP) is 1.45. The van der Waals surface area contributed by atoms with E-state index in [1.54, 1.807) is 13.8 Å². The highest BCUT2D eigenvalue weighted by molar-refractivity contribution is 7.89. The van der Waals surface area contributed by atoms with Crippen molar-refractivity contribution in [1.82, 2.24) is 4.31 Å². The van der Waals surface area contributed by atoms with Crippen molar-refractivity contribution in [3.8, 4) is 0 Å². The SMILES string of the molecule is CN(C(C)(C)CO)S(=O)(=O)c1cc(N)c(F)cc1Cl. The summed E-state index contributed by atoms with van der Waals surface area (Å²) in [5.74, 6) is -0.784. The average Bonchev–Trinajstić information content (AvgIpc) is 2.32. The zero-order valence-electron chi connectivity index (χ0n) is 10.8. The van der Waals surface area contributed by atoms with Gasteiger partial charge in [-0.15, -0.1) is 0 Å². The molecule has 3 N–H and O–H groups in total. The average molecular weight is 311 g/mol. The molecule has 0 spiro atoms. The second kappa shape index (κ2) is 5.24. The largest absolute Gasteiger partial charge is 0.396 e. The number of anilines is 1. The van der Waals surface area contributed by atoms with E-state index in [1.807, 2.05) is 0 Å². The highest BCUT2D eigenvalue weighted by Gasteiger charge is 2.35. The molecule has 1 aromatic carbocycles. The lowest BCUT2D eigenvalue weighted by molar-refractivity contribution is 0.138. The fourth-order valence-corrected chi connectivity index (χ4v) is 3.34. The molecular formula is C11H16ClFN2O3S. The van der Waals surface area contributed by atoms with Crippen molar-refractivity contribution < 1.29 is 17.9 Å². The first-order chi connectivity index (χ1) is 8.54. The topological polar surface area (TPSA) is 83.6 Å². The van der Waals surface area contributed by atoms with Gasteiger partial charge in [-0.3, -0.25) is 0 Å². The number of rotatable bonds is 4. The van der Waals surface area contributed by atoms with Gasteiger partial charge in [0.25, 0.3) is 0 Å². The number of aliphatic hydroxyl groups excluding tert-OH is 1. The van der Waals surface area contributed by atoms with Crippen LogP contribution in [0.5, 0.6) is 0 Å². The smallest absolute Gasteiger partial charge is 0.244 e. The van der Waals surface area contributed by atoms with E-state index in [-0.39, 0.29) is 22.2 Å². The van der Waals surface area contributed by atoms with E-state index in [9.17, 15) is 17.9 Å². The Hall–Kier alpha value is -0.890. The second-order valence-corrected chi connectivity index (χ2v) is 7.09.